The van der Waals surface area contributed by atoms with Crippen molar-refractivity contribution >= 4 is 17.3 Å². The van der Waals surface area contributed by atoms with E-state index in [1.54, 1.807) is 7.11 Å². The molecule has 0 atom stereocenters. The third-order valence-corrected chi connectivity index (χ3v) is 3.79. The summed E-state index contributed by atoms with van der Waals surface area (Å²) < 4.78 is 5.22. The highest BCUT2D eigenvalue weighted by atomic mass is 35.5. The van der Waals surface area contributed by atoms with Crippen LogP contribution in [-0.2, 0) is 6.54 Å². The van der Waals surface area contributed by atoms with Gasteiger partial charge in [0.1, 0.15) is 5.75 Å². The molecule has 0 aliphatic carbocycles. The number of anilines is 1. The number of halogens is 1. The minimum Gasteiger partial charge on any atom is -0.497 e. The van der Waals surface area contributed by atoms with E-state index in [0.717, 1.165) is 30.4 Å². The van der Waals surface area contributed by atoms with Crippen molar-refractivity contribution < 1.29 is 4.74 Å². The number of rotatable bonds is 7. The maximum atomic E-state index is 6.00. The van der Waals surface area contributed by atoms with Crippen molar-refractivity contribution in [2.24, 2.45) is 0 Å². The molecular formula is C18H23ClN2O. The Morgan fingerprint density at radius 2 is 1.55 bits per heavy atom. The van der Waals surface area contributed by atoms with E-state index >= 15 is 0 Å². The fourth-order valence-corrected chi connectivity index (χ4v) is 2.35. The van der Waals surface area contributed by atoms with Crippen LogP contribution in [0.4, 0.5) is 5.69 Å². The second-order valence-electron chi connectivity index (χ2n) is 5.55. The van der Waals surface area contributed by atoms with Crippen molar-refractivity contribution in [3.05, 3.63) is 59.1 Å². The van der Waals surface area contributed by atoms with Gasteiger partial charge < -0.3 is 14.5 Å². The first-order chi connectivity index (χ1) is 10.6. The van der Waals surface area contributed by atoms with Gasteiger partial charge in [-0.1, -0.05) is 23.7 Å². The van der Waals surface area contributed by atoms with Crippen LogP contribution < -0.4 is 9.64 Å². The molecule has 2 rings (SSSR count). The highest BCUT2D eigenvalue weighted by Crippen LogP contribution is 2.21. The van der Waals surface area contributed by atoms with Crippen LogP contribution in [0.3, 0.4) is 0 Å². The van der Waals surface area contributed by atoms with Crippen molar-refractivity contribution in [3.63, 3.8) is 0 Å². The van der Waals surface area contributed by atoms with Crippen LogP contribution in [-0.4, -0.2) is 39.2 Å². The fraction of sp³-hybridized carbons (Fsp3) is 0.333. The molecule has 0 fully saturated rings. The fourth-order valence-electron chi connectivity index (χ4n) is 2.22. The minimum absolute atomic E-state index is 0.765. The number of ether oxygens (including phenoxy) is 1. The van der Waals surface area contributed by atoms with Gasteiger partial charge in [0.25, 0.3) is 0 Å². The van der Waals surface area contributed by atoms with Gasteiger partial charge in [0.05, 0.1) is 7.11 Å². The van der Waals surface area contributed by atoms with Gasteiger partial charge in [0.15, 0.2) is 0 Å². The lowest BCUT2D eigenvalue weighted by Gasteiger charge is -2.26. The molecule has 0 bridgehead atoms. The summed E-state index contributed by atoms with van der Waals surface area (Å²) in [5.74, 6) is 0.884. The number of methoxy groups -OCH3 is 1. The van der Waals surface area contributed by atoms with Crippen LogP contribution in [0.2, 0.25) is 5.02 Å². The van der Waals surface area contributed by atoms with Gasteiger partial charge in [-0.25, -0.2) is 0 Å². The molecule has 0 N–H and O–H groups in total. The van der Waals surface area contributed by atoms with Crippen molar-refractivity contribution in [2.45, 2.75) is 6.54 Å². The Labute approximate surface area is 138 Å². The molecule has 0 unspecified atom stereocenters. The van der Waals surface area contributed by atoms with Gasteiger partial charge in [0.2, 0.25) is 0 Å². The lowest BCUT2D eigenvalue weighted by Crippen LogP contribution is -2.31. The van der Waals surface area contributed by atoms with E-state index in [1.807, 2.05) is 24.3 Å². The Balaban J connectivity index is 2.13. The molecule has 2 aromatic carbocycles. The molecule has 0 aliphatic rings. The summed E-state index contributed by atoms with van der Waals surface area (Å²) in [5.41, 5.74) is 2.44. The molecule has 0 radical (unpaired) electrons. The lowest BCUT2D eigenvalue weighted by molar-refractivity contribution is 0.412. The Hall–Kier alpha value is -1.71. The third kappa shape index (κ3) is 4.93. The van der Waals surface area contributed by atoms with E-state index in [-0.39, 0.29) is 0 Å². The topological polar surface area (TPSA) is 15.7 Å². The maximum absolute atomic E-state index is 6.00. The van der Waals surface area contributed by atoms with Crippen LogP contribution >= 0.6 is 11.6 Å². The van der Waals surface area contributed by atoms with Crippen LogP contribution in [0.1, 0.15) is 5.56 Å². The van der Waals surface area contributed by atoms with E-state index in [0.29, 0.717) is 0 Å². The van der Waals surface area contributed by atoms with Crippen LogP contribution in [0, 0.1) is 0 Å². The van der Waals surface area contributed by atoms with E-state index in [1.165, 1.54) is 11.3 Å². The number of hydrogen-bond donors (Lipinski definition) is 0. The third-order valence-electron chi connectivity index (χ3n) is 3.54. The van der Waals surface area contributed by atoms with Gasteiger partial charge >= 0.3 is 0 Å². The minimum atomic E-state index is 0.765. The summed E-state index contributed by atoms with van der Waals surface area (Å²) >= 11 is 6.00. The van der Waals surface area contributed by atoms with Crippen LogP contribution in [0.5, 0.6) is 5.75 Å². The average molecular weight is 319 g/mol. The smallest absolute Gasteiger partial charge is 0.118 e. The van der Waals surface area contributed by atoms with E-state index in [2.05, 4.69) is 48.2 Å². The van der Waals surface area contributed by atoms with Crippen molar-refractivity contribution in [3.8, 4) is 5.75 Å². The van der Waals surface area contributed by atoms with Crippen molar-refractivity contribution in [2.75, 3.05) is 39.2 Å². The largest absolute Gasteiger partial charge is 0.497 e. The molecule has 22 heavy (non-hydrogen) atoms. The molecule has 0 aromatic heterocycles. The standard InChI is InChI=1S/C18H23ClN2O/c1-20(2)12-13-21(17-8-6-16(19)7-9-17)14-15-4-10-18(22-3)11-5-15/h4-11H,12-14H2,1-3H3. The Kier molecular flexibility index (Phi) is 6.10. The predicted molar refractivity (Wildman–Crippen MR) is 94.1 cm³/mol. The van der Waals surface area contributed by atoms with Crippen molar-refractivity contribution in [1.82, 2.24) is 4.90 Å². The molecule has 0 heterocycles. The first-order valence-electron chi connectivity index (χ1n) is 7.36. The molecule has 0 saturated carbocycles. The summed E-state index contributed by atoms with van der Waals surface area (Å²) in [4.78, 5) is 4.55. The zero-order valence-corrected chi connectivity index (χ0v) is 14.2. The molecule has 0 amide bonds. The molecule has 0 saturated heterocycles. The van der Waals surface area contributed by atoms with E-state index in [9.17, 15) is 0 Å². The molecule has 3 nitrogen and oxygen atoms in total. The second-order valence-corrected chi connectivity index (χ2v) is 5.99. The Morgan fingerprint density at radius 3 is 2.09 bits per heavy atom. The van der Waals surface area contributed by atoms with Crippen molar-refractivity contribution in [1.29, 1.82) is 0 Å². The van der Waals surface area contributed by atoms with Gasteiger partial charge in [-0.2, -0.15) is 0 Å². The van der Waals surface area contributed by atoms with Gasteiger partial charge in [-0.3, -0.25) is 0 Å². The molecule has 2 aromatic rings. The van der Waals surface area contributed by atoms with E-state index < -0.39 is 0 Å². The summed E-state index contributed by atoms with van der Waals surface area (Å²) in [6, 6.07) is 16.2. The SMILES string of the molecule is COc1ccc(CN(CCN(C)C)c2ccc(Cl)cc2)cc1. The van der Waals surface area contributed by atoms with Crippen LogP contribution in [0.25, 0.3) is 0 Å². The van der Waals surface area contributed by atoms with E-state index in [4.69, 9.17) is 16.3 Å². The first-order valence-corrected chi connectivity index (χ1v) is 7.74. The highest BCUT2D eigenvalue weighted by Gasteiger charge is 2.08. The molecular weight excluding hydrogens is 296 g/mol. The summed E-state index contributed by atoms with van der Waals surface area (Å²) in [7, 11) is 5.87. The number of hydrogen-bond acceptors (Lipinski definition) is 3. The van der Waals surface area contributed by atoms with Gasteiger partial charge in [-0.05, 0) is 56.1 Å². The quantitative estimate of drug-likeness (QED) is 0.769. The zero-order valence-electron chi connectivity index (χ0n) is 13.4. The molecule has 0 aliphatic heterocycles. The number of benzene rings is 2. The Bertz CT molecular complexity index is 567. The van der Waals surface area contributed by atoms with Crippen LogP contribution in [0.15, 0.2) is 48.5 Å². The average Bonchev–Trinajstić information content (AvgIpc) is 2.53. The molecule has 4 heteroatoms. The molecule has 118 valence electrons. The maximum Gasteiger partial charge on any atom is 0.118 e. The van der Waals surface area contributed by atoms with Gasteiger partial charge in [-0.15, -0.1) is 0 Å². The predicted octanol–water partition coefficient (Wildman–Crippen LogP) is 3.92. The highest BCUT2D eigenvalue weighted by molar-refractivity contribution is 6.30. The summed E-state index contributed by atoms with van der Waals surface area (Å²) in [6.45, 7) is 2.82. The second kappa shape index (κ2) is 8.06. The monoisotopic (exact) mass is 318 g/mol. The normalized spacial score (nSPS) is 10.8. The summed E-state index contributed by atoms with van der Waals surface area (Å²) in [6.07, 6.45) is 0. The number of likely N-dealkylation sites (N-methyl/N-ethyl adjacent to an activating group) is 1. The summed E-state index contributed by atoms with van der Waals surface area (Å²) in [5, 5.41) is 0.765. The molecule has 0 spiro atoms. The zero-order chi connectivity index (χ0) is 15.9. The number of nitrogens with zero attached hydrogens (tertiary/aromatic N) is 2. The van der Waals surface area contributed by atoms with Gasteiger partial charge in [0, 0.05) is 30.3 Å². The first kappa shape index (κ1) is 16.7. The Morgan fingerprint density at radius 1 is 0.909 bits per heavy atom. The lowest BCUT2D eigenvalue weighted by atomic mass is 10.2.